The van der Waals surface area contributed by atoms with E-state index >= 15 is 0 Å². The fraction of sp³-hybridized carbons (Fsp3) is 0.212. The van der Waals surface area contributed by atoms with E-state index in [0.29, 0.717) is 0 Å². The Hall–Kier alpha value is -7.30. The van der Waals surface area contributed by atoms with Gasteiger partial charge in [-0.05, 0) is 155 Å². The number of rotatable bonds is 3. The fourth-order valence-corrected chi connectivity index (χ4v) is 12.7. The summed E-state index contributed by atoms with van der Waals surface area (Å²) >= 11 is 0. The molecule has 14 rings (SSSR count). The van der Waals surface area contributed by atoms with Crippen LogP contribution in [-0.4, -0.2) is 15.8 Å². The molecule has 3 aliphatic rings. The molecule has 0 fully saturated rings. The molecule has 9 aromatic carbocycles. The van der Waals surface area contributed by atoms with Crippen molar-refractivity contribution in [2.24, 2.45) is 0 Å². The van der Waals surface area contributed by atoms with Crippen molar-refractivity contribution in [3.63, 3.8) is 0 Å². The van der Waals surface area contributed by atoms with Crippen LogP contribution >= 0.6 is 0 Å². The summed E-state index contributed by atoms with van der Waals surface area (Å²) in [4.78, 5) is 2.58. The highest BCUT2D eigenvalue weighted by atomic mass is 15.2. The van der Waals surface area contributed by atoms with E-state index in [2.05, 4.69) is 234 Å². The molecule has 0 saturated carbocycles. The Bertz CT molecular complexity index is 4140. The highest BCUT2D eigenvalue weighted by Crippen LogP contribution is 2.51. The number of hydrogen-bond donors (Lipinski definition) is 0. The zero-order chi connectivity index (χ0) is 48.8. The lowest BCUT2D eigenvalue weighted by Gasteiger charge is -2.41. The normalized spacial score (nSPS) is 14.5. The molecule has 4 heterocycles. The fourth-order valence-electron chi connectivity index (χ4n) is 12.7. The summed E-state index contributed by atoms with van der Waals surface area (Å²) in [7, 11) is 0. The summed E-state index contributed by atoms with van der Waals surface area (Å²) < 4.78 is 14.1. The molecule has 4 heteroatoms. The third-order valence-electron chi connectivity index (χ3n) is 16.3. The van der Waals surface area contributed by atoms with Gasteiger partial charge in [-0.3, -0.25) is 0 Å². The molecule has 70 heavy (non-hydrogen) atoms. The molecule has 0 saturated heterocycles. The summed E-state index contributed by atoms with van der Waals surface area (Å²) in [5, 5.41) is 7.66. The van der Waals surface area contributed by atoms with E-state index in [1.54, 1.807) is 0 Å². The average molecular weight is 905 g/mol. The highest BCUT2D eigenvalue weighted by molar-refractivity contribution is 7.00. The second-order valence-electron chi connectivity index (χ2n) is 23.5. The molecule has 11 aromatic rings. The zero-order valence-corrected chi connectivity index (χ0v) is 42.0. The van der Waals surface area contributed by atoms with Gasteiger partial charge in [-0.1, -0.05) is 166 Å². The molecule has 0 bridgehead atoms. The smallest absolute Gasteiger partial charge is 0.252 e. The number of aromatic nitrogens is 2. The van der Waals surface area contributed by atoms with Crippen molar-refractivity contribution < 1.29 is 1.37 Å². The van der Waals surface area contributed by atoms with Crippen LogP contribution in [0.3, 0.4) is 0 Å². The molecular weight excluding hydrogens is 846 g/mol. The van der Waals surface area contributed by atoms with Crippen LogP contribution < -0.4 is 21.3 Å². The van der Waals surface area contributed by atoms with Gasteiger partial charge in [0.15, 0.2) is 0 Å². The minimum absolute atomic E-state index is 0.0135. The Kier molecular flexibility index (Phi) is 8.08. The minimum atomic E-state index is -0.343. The van der Waals surface area contributed by atoms with Crippen LogP contribution in [0.4, 0.5) is 17.1 Å². The van der Waals surface area contributed by atoms with Crippen molar-refractivity contribution in [3.8, 4) is 33.6 Å². The Labute approximate surface area is 413 Å². The number of fused-ring (bicyclic) bond motifs is 10. The van der Waals surface area contributed by atoms with Gasteiger partial charge in [-0.2, -0.15) is 0 Å². The minimum Gasteiger partial charge on any atom is -0.311 e. The number of aryl methyl sites for hydroxylation is 1. The first-order valence-corrected chi connectivity index (χ1v) is 25.3. The van der Waals surface area contributed by atoms with Crippen LogP contribution in [0.15, 0.2) is 158 Å². The first-order valence-electron chi connectivity index (χ1n) is 25.9. The maximum absolute atomic E-state index is 8.92. The van der Waals surface area contributed by atoms with E-state index in [-0.39, 0.29) is 29.4 Å². The van der Waals surface area contributed by atoms with Gasteiger partial charge in [-0.25, -0.2) is 0 Å². The van der Waals surface area contributed by atoms with Crippen molar-refractivity contribution in [2.75, 3.05) is 4.90 Å². The van der Waals surface area contributed by atoms with Crippen LogP contribution in [0.25, 0.3) is 88.0 Å². The summed E-state index contributed by atoms with van der Waals surface area (Å²) in [6, 6.07) is 61.1. The van der Waals surface area contributed by atoms with Gasteiger partial charge in [-0.15, -0.1) is 0 Å². The lowest BCUT2D eigenvalue weighted by molar-refractivity contribution is 0.590. The van der Waals surface area contributed by atoms with E-state index in [4.69, 9.17) is 1.37 Å². The van der Waals surface area contributed by atoms with Gasteiger partial charge in [0.2, 0.25) is 0 Å². The maximum Gasteiger partial charge on any atom is 0.252 e. The molecular formula is C66H58BN3. The van der Waals surface area contributed by atoms with Crippen LogP contribution in [-0.2, 0) is 22.6 Å². The molecule has 2 aromatic heterocycles. The zero-order valence-electron chi connectivity index (χ0n) is 43.0. The number of nitrogens with zero attached hydrogens (tertiary/aromatic N) is 3. The third kappa shape index (κ3) is 5.59. The highest BCUT2D eigenvalue weighted by Gasteiger charge is 2.44. The number of anilines is 3. The molecule has 0 spiro atoms. The van der Waals surface area contributed by atoms with Gasteiger partial charge < -0.3 is 14.0 Å². The quantitative estimate of drug-likeness (QED) is 0.161. The standard InChI is InChI=1S/C66H58BN3/c1-11-38-22-29-53-49(32-38)50-33-42(66(8,9)10)35-52-63(50)70(53)58-37-44(69-55-21-15-20-48-46-18-13-12-17-45(46)47-19-14-16-39-23-30-56(69)61(59(39)47)60(48)55)36-57-62(58)67(52)51-34-41(65(5,6)7)26-31-54(51)68(57)43-27-24-40(25-28-43)64(2,3)4/h12-37H,11H2,1-10H3/i11D. The predicted octanol–water partition coefficient (Wildman–Crippen LogP) is 15.7. The molecule has 2 aliphatic heterocycles. The van der Waals surface area contributed by atoms with Gasteiger partial charge in [0, 0.05) is 51.2 Å². The predicted molar refractivity (Wildman–Crippen MR) is 302 cm³/mol. The van der Waals surface area contributed by atoms with Crippen LogP contribution in [0.5, 0.6) is 0 Å². The Morgan fingerprint density at radius 1 is 0.443 bits per heavy atom. The molecule has 1 atom stereocenters. The molecule has 0 amide bonds. The van der Waals surface area contributed by atoms with E-state index in [1.165, 1.54) is 127 Å². The lowest BCUT2D eigenvalue weighted by Crippen LogP contribution is -2.60. The molecule has 1 aliphatic carbocycles. The second kappa shape index (κ2) is 13.9. The van der Waals surface area contributed by atoms with E-state index in [0.717, 1.165) is 16.9 Å². The summed E-state index contributed by atoms with van der Waals surface area (Å²) in [6.45, 7) is 22.9. The van der Waals surface area contributed by atoms with Crippen molar-refractivity contribution in [1.29, 1.82) is 0 Å². The maximum atomic E-state index is 8.92. The monoisotopic (exact) mass is 904 g/mol. The van der Waals surface area contributed by atoms with E-state index in [1.807, 2.05) is 6.92 Å². The second-order valence-corrected chi connectivity index (χ2v) is 23.5. The van der Waals surface area contributed by atoms with Crippen molar-refractivity contribution in [3.05, 3.63) is 180 Å². The first-order chi connectivity index (χ1) is 34.0. The Balaban J connectivity index is 1.17. The Morgan fingerprint density at radius 3 is 1.79 bits per heavy atom. The average Bonchev–Trinajstić information content (AvgIpc) is 3.83. The van der Waals surface area contributed by atoms with Gasteiger partial charge in [0.25, 0.3) is 6.71 Å². The lowest BCUT2D eigenvalue weighted by atomic mass is 9.33. The molecule has 3 nitrogen and oxygen atoms in total. The molecule has 0 N–H and O–H groups in total. The van der Waals surface area contributed by atoms with Gasteiger partial charge in [0.1, 0.15) is 0 Å². The van der Waals surface area contributed by atoms with E-state index in [9.17, 15) is 0 Å². The molecule has 340 valence electrons. The molecule has 0 radical (unpaired) electrons. The van der Waals surface area contributed by atoms with Gasteiger partial charge >= 0.3 is 0 Å². The SMILES string of the molecule is [2H]C(C)c1ccc2c(c1)c1cc(C(C)(C)C)cc3c1n2-c1cc(-n2c4cccc5c4c4c6c(cccc6ccc42)-c2ccccc2-5)cc2c1B3c1cc(C(C)(C)C)ccc1N2c1ccc(C(C)(C)C)cc1. The molecule has 1 unspecified atom stereocenters. The van der Waals surface area contributed by atoms with Crippen molar-refractivity contribution in [2.45, 2.75) is 91.9 Å². The first kappa shape index (κ1) is 40.6. The topological polar surface area (TPSA) is 13.1 Å². The Morgan fingerprint density at radius 2 is 1.07 bits per heavy atom. The van der Waals surface area contributed by atoms with Crippen molar-refractivity contribution >= 4 is 94.5 Å². The van der Waals surface area contributed by atoms with Crippen LogP contribution in [0, 0.1) is 0 Å². The summed E-state index contributed by atoms with van der Waals surface area (Å²) in [6.07, 6.45) is -0.343. The number of hydrogen-bond acceptors (Lipinski definition) is 1. The van der Waals surface area contributed by atoms with Gasteiger partial charge in [0.05, 0.1) is 22.2 Å². The largest absolute Gasteiger partial charge is 0.311 e. The summed E-state index contributed by atoms with van der Waals surface area (Å²) in [5.74, 6) is 0. The van der Waals surface area contributed by atoms with E-state index < -0.39 is 0 Å². The van der Waals surface area contributed by atoms with Crippen molar-refractivity contribution in [1.82, 2.24) is 9.13 Å². The summed E-state index contributed by atoms with van der Waals surface area (Å²) in [5.41, 5.74) is 24.8. The van der Waals surface area contributed by atoms with Crippen LogP contribution in [0.1, 0.15) is 92.9 Å². The third-order valence-corrected chi connectivity index (χ3v) is 16.3. The van der Waals surface area contributed by atoms with Crippen LogP contribution in [0.2, 0.25) is 0 Å². The number of benzene rings is 9.